The molecule has 0 fully saturated rings. The zero-order valence-electron chi connectivity index (χ0n) is 15.2. The first-order valence-electron chi connectivity index (χ1n) is 8.19. The quantitative estimate of drug-likeness (QED) is 0.503. The summed E-state index contributed by atoms with van der Waals surface area (Å²) in [5.74, 6) is -4.68. The number of ether oxygens (including phenoxy) is 2. The number of rotatable bonds is 5. The lowest BCUT2D eigenvalue weighted by molar-refractivity contribution is 0.405. The standard InChI is InChI=1S/C19H14BF4NO4/c1-28-11-4-12(21)16(13(22)5-11)9-3-10(8-25-7-9)17-15(29-2)6-14(23)18(19(17)24)20(26)27/h3-8,26-27H,1-2H3. The van der Waals surface area contributed by atoms with Crippen LogP contribution in [-0.2, 0) is 0 Å². The summed E-state index contributed by atoms with van der Waals surface area (Å²) in [6, 6.07) is 3.94. The molecule has 0 bridgehead atoms. The molecule has 0 saturated carbocycles. The number of halogens is 4. The summed E-state index contributed by atoms with van der Waals surface area (Å²) >= 11 is 0. The van der Waals surface area contributed by atoms with Gasteiger partial charge in [0.15, 0.2) is 0 Å². The molecule has 0 aliphatic rings. The highest BCUT2D eigenvalue weighted by Gasteiger charge is 2.28. The minimum Gasteiger partial charge on any atom is -0.497 e. The summed E-state index contributed by atoms with van der Waals surface area (Å²) in [5.41, 5.74) is -1.82. The van der Waals surface area contributed by atoms with Crippen LogP contribution in [0.1, 0.15) is 0 Å². The van der Waals surface area contributed by atoms with Crippen LogP contribution in [0.25, 0.3) is 22.3 Å². The molecule has 0 atom stereocenters. The lowest BCUT2D eigenvalue weighted by Crippen LogP contribution is -2.36. The lowest BCUT2D eigenvalue weighted by Gasteiger charge is -2.15. The fourth-order valence-electron chi connectivity index (χ4n) is 2.94. The van der Waals surface area contributed by atoms with Gasteiger partial charge in [0.25, 0.3) is 0 Å². The Morgan fingerprint density at radius 2 is 1.38 bits per heavy atom. The molecule has 5 nitrogen and oxygen atoms in total. The second-order valence-corrected chi connectivity index (χ2v) is 5.97. The van der Waals surface area contributed by atoms with E-state index in [9.17, 15) is 27.6 Å². The van der Waals surface area contributed by atoms with Crippen LogP contribution in [0.5, 0.6) is 11.5 Å². The summed E-state index contributed by atoms with van der Waals surface area (Å²) in [5, 5.41) is 18.6. The van der Waals surface area contributed by atoms with Crippen LogP contribution in [-0.4, -0.2) is 36.4 Å². The maximum Gasteiger partial charge on any atom is 0.494 e. The SMILES string of the molecule is COc1cc(F)c(-c2cncc(-c3c(OC)cc(F)c(B(O)O)c3F)c2)c(F)c1. The third kappa shape index (κ3) is 3.76. The first kappa shape index (κ1) is 20.6. The van der Waals surface area contributed by atoms with Gasteiger partial charge in [0.1, 0.15) is 34.8 Å². The molecule has 0 spiro atoms. The van der Waals surface area contributed by atoms with E-state index in [0.717, 1.165) is 37.7 Å². The van der Waals surface area contributed by atoms with Crippen molar-refractivity contribution < 1.29 is 37.1 Å². The molecule has 0 amide bonds. The second kappa shape index (κ2) is 8.10. The van der Waals surface area contributed by atoms with Gasteiger partial charge in [-0.3, -0.25) is 4.98 Å². The Bertz CT molecular complexity index is 1060. The Balaban J connectivity index is 2.23. The Hall–Kier alpha value is -3.11. The Kier molecular flexibility index (Phi) is 5.76. The molecule has 150 valence electrons. The van der Waals surface area contributed by atoms with E-state index in [0.29, 0.717) is 0 Å². The summed E-state index contributed by atoms with van der Waals surface area (Å²) in [4.78, 5) is 3.87. The Morgan fingerprint density at radius 1 is 0.793 bits per heavy atom. The lowest BCUT2D eigenvalue weighted by atomic mass is 9.77. The number of benzene rings is 2. The van der Waals surface area contributed by atoms with E-state index in [2.05, 4.69) is 4.98 Å². The smallest absolute Gasteiger partial charge is 0.494 e. The topological polar surface area (TPSA) is 71.8 Å². The highest BCUT2D eigenvalue weighted by atomic mass is 19.1. The number of methoxy groups -OCH3 is 2. The molecule has 0 unspecified atom stereocenters. The molecule has 10 heteroatoms. The monoisotopic (exact) mass is 407 g/mol. The van der Waals surface area contributed by atoms with Crippen LogP contribution >= 0.6 is 0 Å². The molecule has 0 saturated heterocycles. The number of aromatic nitrogens is 1. The van der Waals surface area contributed by atoms with Crippen molar-refractivity contribution in [1.82, 2.24) is 4.98 Å². The van der Waals surface area contributed by atoms with Crippen molar-refractivity contribution in [2.75, 3.05) is 14.2 Å². The van der Waals surface area contributed by atoms with Gasteiger partial charge >= 0.3 is 7.12 Å². The first-order chi connectivity index (χ1) is 13.8. The van der Waals surface area contributed by atoms with Gasteiger partial charge in [-0.1, -0.05) is 0 Å². The van der Waals surface area contributed by atoms with E-state index < -0.39 is 41.4 Å². The van der Waals surface area contributed by atoms with Gasteiger partial charge in [-0.25, -0.2) is 17.6 Å². The van der Waals surface area contributed by atoms with Crippen molar-refractivity contribution >= 4 is 12.6 Å². The van der Waals surface area contributed by atoms with Crippen LogP contribution in [0, 0.1) is 23.3 Å². The average Bonchev–Trinajstić information content (AvgIpc) is 2.66. The molecule has 0 aliphatic carbocycles. The van der Waals surface area contributed by atoms with Gasteiger partial charge in [0.05, 0.1) is 30.8 Å². The molecule has 2 aromatic carbocycles. The first-order valence-corrected chi connectivity index (χ1v) is 8.19. The van der Waals surface area contributed by atoms with E-state index in [1.165, 1.54) is 13.2 Å². The van der Waals surface area contributed by atoms with Gasteiger partial charge in [0, 0.05) is 41.7 Å². The van der Waals surface area contributed by atoms with Gasteiger partial charge < -0.3 is 19.5 Å². The van der Waals surface area contributed by atoms with Crippen molar-refractivity contribution in [2.24, 2.45) is 0 Å². The molecular weight excluding hydrogens is 393 g/mol. The fraction of sp³-hybridized carbons (Fsp3) is 0.105. The van der Waals surface area contributed by atoms with Crippen LogP contribution in [0.3, 0.4) is 0 Å². The maximum atomic E-state index is 14.9. The predicted molar refractivity (Wildman–Crippen MR) is 97.9 cm³/mol. The molecular formula is C19H14BF4NO4. The number of nitrogens with zero attached hydrogens (tertiary/aromatic N) is 1. The van der Waals surface area contributed by atoms with E-state index >= 15 is 0 Å². The Labute approximate surface area is 163 Å². The third-order valence-electron chi connectivity index (χ3n) is 4.26. The van der Waals surface area contributed by atoms with E-state index in [4.69, 9.17) is 9.47 Å². The van der Waals surface area contributed by atoms with Crippen LogP contribution in [0.15, 0.2) is 36.7 Å². The Morgan fingerprint density at radius 3 is 1.90 bits per heavy atom. The highest BCUT2D eigenvalue weighted by molar-refractivity contribution is 6.59. The molecule has 3 rings (SSSR count). The molecule has 1 aromatic heterocycles. The molecule has 0 radical (unpaired) electrons. The van der Waals surface area contributed by atoms with Gasteiger partial charge in [-0.15, -0.1) is 0 Å². The zero-order chi connectivity index (χ0) is 21.3. The summed E-state index contributed by atoms with van der Waals surface area (Å²) in [6.07, 6.45) is 2.32. The molecule has 3 aromatic rings. The second-order valence-electron chi connectivity index (χ2n) is 5.97. The predicted octanol–water partition coefficient (Wildman–Crippen LogP) is 2.67. The van der Waals surface area contributed by atoms with Crippen molar-refractivity contribution in [3.63, 3.8) is 0 Å². The highest BCUT2D eigenvalue weighted by Crippen LogP contribution is 2.36. The molecule has 1 heterocycles. The van der Waals surface area contributed by atoms with Gasteiger partial charge in [-0.05, 0) is 6.07 Å². The number of hydrogen-bond acceptors (Lipinski definition) is 5. The number of pyridine rings is 1. The van der Waals surface area contributed by atoms with E-state index in [1.54, 1.807) is 0 Å². The summed E-state index contributed by atoms with van der Waals surface area (Å²) < 4.78 is 67.5. The van der Waals surface area contributed by atoms with Crippen LogP contribution in [0.4, 0.5) is 17.6 Å². The zero-order valence-corrected chi connectivity index (χ0v) is 15.2. The van der Waals surface area contributed by atoms with Crippen molar-refractivity contribution in [1.29, 1.82) is 0 Å². The van der Waals surface area contributed by atoms with Crippen molar-refractivity contribution in [3.05, 3.63) is 59.9 Å². The maximum absolute atomic E-state index is 14.9. The molecule has 0 aliphatic heterocycles. The van der Waals surface area contributed by atoms with Gasteiger partial charge in [0.2, 0.25) is 0 Å². The van der Waals surface area contributed by atoms with Crippen molar-refractivity contribution in [3.8, 4) is 33.8 Å². The van der Waals surface area contributed by atoms with Crippen LogP contribution in [0.2, 0.25) is 0 Å². The minimum absolute atomic E-state index is 0.0200. The number of hydrogen-bond donors (Lipinski definition) is 2. The van der Waals surface area contributed by atoms with E-state index in [-0.39, 0.29) is 28.2 Å². The summed E-state index contributed by atoms with van der Waals surface area (Å²) in [7, 11) is -0.00748. The third-order valence-corrected chi connectivity index (χ3v) is 4.26. The summed E-state index contributed by atoms with van der Waals surface area (Å²) in [6.45, 7) is 0. The molecule has 29 heavy (non-hydrogen) atoms. The van der Waals surface area contributed by atoms with Gasteiger partial charge in [-0.2, -0.15) is 0 Å². The van der Waals surface area contributed by atoms with Crippen LogP contribution < -0.4 is 14.9 Å². The molecule has 2 N–H and O–H groups in total. The van der Waals surface area contributed by atoms with E-state index in [1.807, 2.05) is 0 Å². The largest absolute Gasteiger partial charge is 0.497 e. The minimum atomic E-state index is -2.42. The average molecular weight is 407 g/mol. The normalized spacial score (nSPS) is 10.8. The fourth-order valence-corrected chi connectivity index (χ4v) is 2.94. The van der Waals surface area contributed by atoms with Crippen molar-refractivity contribution in [2.45, 2.75) is 0 Å².